The highest BCUT2D eigenvalue weighted by Gasteiger charge is 2.39. The topological polar surface area (TPSA) is 48.2 Å². The molecule has 0 bridgehead atoms. The average Bonchev–Trinajstić information content (AvgIpc) is 3.31. The highest BCUT2D eigenvalue weighted by molar-refractivity contribution is 6.05. The molecule has 0 aliphatic carbocycles. The number of hydrogen-bond acceptors (Lipinski definition) is 4. The Balaban J connectivity index is 1.71. The van der Waals surface area contributed by atoms with E-state index in [4.69, 9.17) is 9.15 Å². The van der Waals surface area contributed by atoms with Crippen molar-refractivity contribution >= 4 is 21.5 Å². The quantitative estimate of drug-likeness (QED) is 0.197. The number of aromatic nitrogens is 2. The minimum absolute atomic E-state index is 0.0115. The van der Waals surface area contributed by atoms with Crippen molar-refractivity contribution in [1.29, 1.82) is 0 Å². The number of rotatable bonds is 3. The molecule has 10 heteroatoms. The lowest BCUT2D eigenvalue weighted by Crippen LogP contribution is -2.12. The van der Waals surface area contributed by atoms with Crippen LogP contribution in [0.1, 0.15) is 11.1 Å². The van der Waals surface area contributed by atoms with E-state index in [0.29, 0.717) is 34.4 Å². The van der Waals surface area contributed by atoms with Crippen molar-refractivity contribution in [3.63, 3.8) is 0 Å². The molecule has 0 aliphatic rings. The van der Waals surface area contributed by atoms with Crippen LogP contribution in [0.15, 0.2) is 77.4 Å². The van der Waals surface area contributed by atoms with Crippen LogP contribution in [0.5, 0.6) is 11.6 Å². The molecule has 2 heterocycles. The Bertz CT molecular complexity index is 1510. The summed E-state index contributed by atoms with van der Waals surface area (Å²) in [5.74, 6) is -0.735. The smallest absolute Gasteiger partial charge is 0.420 e. The minimum Gasteiger partial charge on any atom is -0.463 e. The van der Waals surface area contributed by atoms with Crippen molar-refractivity contribution < 1.29 is 35.5 Å². The fourth-order valence-corrected chi connectivity index (χ4v) is 3.61. The van der Waals surface area contributed by atoms with Crippen LogP contribution in [0.2, 0.25) is 0 Å². The van der Waals surface area contributed by atoms with Crippen LogP contribution in [-0.4, -0.2) is 10.2 Å². The van der Waals surface area contributed by atoms with Gasteiger partial charge in [0.15, 0.2) is 5.76 Å². The number of nitrogens with zero attached hydrogens (tertiary/aromatic N) is 2. The molecular formula is C24H12F6N2O2. The van der Waals surface area contributed by atoms with Gasteiger partial charge in [-0.1, -0.05) is 24.3 Å². The fraction of sp³-hybridized carbons (Fsp3) is 0.0833. The number of benzene rings is 3. The third kappa shape index (κ3) is 3.91. The summed E-state index contributed by atoms with van der Waals surface area (Å²) in [6, 6.07) is 15.1. The summed E-state index contributed by atoms with van der Waals surface area (Å²) >= 11 is 0. The maximum Gasteiger partial charge on any atom is 0.420 e. The van der Waals surface area contributed by atoms with Crippen LogP contribution in [0, 0.1) is 0 Å². The average molecular weight is 474 g/mol. The minimum atomic E-state index is -5.10. The molecule has 0 saturated heterocycles. The maximum atomic E-state index is 13.6. The molecule has 34 heavy (non-hydrogen) atoms. The van der Waals surface area contributed by atoms with Crippen LogP contribution in [-0.2, 0) is 12.4 Å². The van der Waals surface area contributed by atoms with E-state index in [1.165, 1.54) is 6.26 Å². The maximum absolute atomic E-state index is 13.6. The molecule has 0 N–H and O–H groups in total. The predicted octanol–water partition coefficient (Wildman–Crippen LogP) is 7.87. The Kier molecular flexibility index (Phi) is 4.96. The zero-order chi connectivity index (χ0) is 24.1. The molecule has 0 radical (unpaired) electrons. The second-order valence-corrected chi connectivity index (χ2v) is 7.38. The van der Waals surface area contributed by atoms with Gasteiger partial charge in [0.1, 0.15) is 11.4 Å². The lowest BCUT2D eigenvalue weighted by Gasteiger charge is -2.17. The van der Waals surface area contributed by atoms with Gasteiger partial charge in [0, 0.05) is 10.8 Å². The molecule has 0 aliphatic heterocycles. The molecule has 0 spiro atoms. The zero-order valence-corrected chi connectivity index (χ0v) is 16.9. The summed E-state index contributed by atoms with van der Waals surface area (Å²) in [5, 5.41) is 10.4. The molecule has 5 rings (SSSR count). The second kappa shape index (κ2) is 7.75. The lowest BCUT2D eigenvalue weighted by atomic mass is 10.0. The van der Waals surface area contributed by atoms with Crippen LogP contribution >= 0.6 is 0 Å². The van der Waals surface area contributed by atoms with Gasteiger partial charge in [0.25, 0.3) is 0 Å². The summed E-state index contributed by atoms with van der Waals surface area (Å²) in [4.78, 5) is 0. The van der Waals surface area contributed by atoms with E-state index < -0.39 is 29.2 Å². The van der Waals surface area contributed by atoms with Crippen LogP contribution in [0.3, 0.4) is 0 Å². The molecule has 4 nitrogen and oxygen atoms in total. The van der Waals surface area contributed by atoms with Gasteiger partial charge in [-0.25, -0.2) is 0 Å². The van der Waals surface area contributed by atoms with E-state index in [9.17, 15) is 26.3 Å². The van der Waals surface area contributed by atoms with Crippen molar-refractivity contribution in [2.75, 3.05) is 0 Å². The van der Waals surface area contributed by atoms with Gasteiger partial charge in [-0.15, -0.1) is 10.2 Å². The molecule has 0 saturated carbocycles. The van der Waals surface area contributed by atoms with E-state index in [-0.39, 0.29) is 11.9 Å². The number of furan rings is 1. The highest BCUT2D eigenvalue weighted by atomic mass is 19.4. The summed E-state index contributed by atoms with van der Waals surface area (Å²) in [6.45, 7) is 0. The van der Waals surface area contributed by atoms with Gasteiger partial charge in [-0.3, -0.25) is 0 Å². The molecule has 172 valence electrons. The SMILES string of the molecule is FC(F)(F)c1ccc(Oc2nnc(-c3ccco3)c3cc4ccccc4cc23)c(C(F)(F)F)c1. The molecule has 0 unspecified atom stereocenters. The van der Waals surface area contributed by atoms with Gasteiger partial charge >= 0.3 is 12.4 Å². The summed E-state index contributed by atoms with van der Waals surface area (Å²) in [6.07, 6.45) is -8.61. The third-order valence-corrected chi connectivity index (χ3v) is 5.19. The lowest BCUT2D eigenvalue weighted by molar-refractivity contribution is -0.143. The number of ether oxygens (including phenoxy) is 1. The third-order valence-electron chi connectivity index (χ3n) is 5.19. The molecule has 0 fully saturated rings. The van der Waals surface area contributed by atoms with Gasteiger partial charge < -0.3 is 9.15 Å². The Morgan fingerprint density at radius 3 is 2.03 bits per heavy atom. The molecule has 3 aromatic carbocycles. The van der Waals surface area contributed by atoms with Crippen molar-refractivity contribution in [1.82, 2.24) is 10.2 Å². The van der Waals surface area contributed by atoms with Crippen molar-refractivity contribution in [3.8, 4) is 23.1 Å². The summed E-state index contributed by atoms with van der Waals surface area (Å²) in [5.41, 5.74) is -2.68. The number of alkyl halides is 6. The number of hydrogen-bond donors (Lipinski definition) is 0. The largest absolute Gasteiger partial charge is 0.463 e. The van der Waals surface area contributed by atoms with Gasteiger partial charge in [-0.05, 0) is 53.2 Å². The van der Waals surface area contributed by atoms with Crippen LogP contribution < -0.4 is 4.74 Å². The predicted molar refractivity (Wildman–Crippen MR) is 111 cm³/mol. The Hall–Kier alpha value is -4.08. The van der Waals surface area contributed by atoms with Crippen molar-refractivity contribution in [2.45, 2.75) is 12.4 Å². The molecule has 0 atom stereocenters. The van der Waals surface area contributed by atoms with Gasteiger partial charge in [0.05, 0.1) is 17.4 Å². The summed E-state index contributed by atoms with van der Waals surface area (Å²) in [7, 11) is 0. The van der Waals surface area contributed by atoms with Crippen LogP contribution in [0.4, 0.5) is 26.3 Å². The Labute approximate surface area is 187 Å². The molecular weight excluding hydrogens is 462 g/mol. The van der Waals surface area contributed by atoms with E-state index >= 15 is 0 Å². The van der Waals surface area contributed by atoms with Crippen LogP contribution in [0.25, 0.3) is 33.0 Å². The monoisotopic (exact) mass is 474 g/mol. The number of fused-ring (bicyclic) bond motifs is 2. The molecule has 0 amide bonds. The van der Waals surface area contributed by atoms with Crippen molar-refractivity contribution in [3.05, 3.63) is 84.1 Å². The fourth-order valence-electron chi connectivity index (χ4n) is 3.61. The first-order valence-electron chi connectivity index (χ1n) is 9.80. The van der Waals surface area contributed by atoms with E-state index in [1.54, 1.807) is 36.4 Å². The second-order valence-electron chi connectivity index (χ2n) is 7.38. The highest BCUT2D eigenvalue weighted by Crippen LogP contribution is 2.43. The van der Waals surface area contributed by atoms with E-state index in [0.717, 1.165) is 10.8 Å². The first-order chi connectivity index (χ1) is 16.1. The molecule has 2 aromatic heterocycles. The van der Waals surface area contributed by atoms with Gasteiger partial charge in [-0.2, -0.15) is 26.3 Å². The van der Waals surface area contributed by atoms with E-state index in [1.807, 2.05) is 12.1 Å². The first-order valence-corrected chi connectivity index (χ1v) is 9.80. The first kappa shape index (κ1) is 21.7. The molecule has 5 aromatic rings. The van der Waals surface area contributed by atoms with Gasteiger partial charge in [0.2, 0.25) is 5.88 Å². The standard InChI is InChI=1S/C24H12F6N2O2/c25-23(26,27)15-7-8-19(18(12-15)24(28,29)30)34-22-17-11-14-5-2-1-4-13(14)10-16(17)21(31-32-22)20-6-3-9-33-20/h1-12H. The normalized spacial score (nSPS) is 12.4. The van der Waals surface area contributed by atoms with Crippen molar-refractivity contribution in [2.24, 2.45) is 0 Å². The summed E-state index contributed by atoms with van der Waals surface area (Å²) < 4.78 is 90.7. The number of halogens is 6. The Morgan fingerprint density at radius 2 is 1.41 bits per heavy atom. The zero-order valence-electron chi connectivity index (χ0n) is 16.9. The van der Waals surface area contributed by atoms with E-state index in [2.05, 4.69) is 10.2 Å². The Morgan fingerprint density at radius 1 is 0.706 bits per heavy atom.